The van der Waals surface area contributed by atoms with Crippen molar-refractivity contribution in [3.05, 3.63) is 187 Å². The second kappa shape index (κ2) is 11.3. The Bertz CT molecular complexity index is 2460. The van der Waals surface area contributed by atoms with Gasteiger partial charge in [0.1, 0.15) is 11.7 Å². The number of fused-ring (bicyclic) bond motifs is 4. The van der Waals surface area contributed by atoms with E-state index in [0.717, 1.165) is 44.8 Å². The van der Waals surface area contributed by atoms with Crippen LogP contribution in [0.15, 0.2) is 180 Å². The van der Waals surface area contributed by atoms with Crippen LogP contribution in [-0.4, -0.2) is 16.2 Å². The number of rotatable bonds is 5. The molecule has 0 spiro atoms. The molecule has 9 rings (SSSR count). The average molecular weight is 603 g/mol. The van der Waals surface area contributed by atoms with Gasteiger partial charge in [-0.15, -0.1) is 0 Å². The third-order valence-corrected chi connectivity index (χ3v) is 9.04. The van der Waals surface area contributed by atoms with Crippen molar-refractivity contribution in [2.75, 3.05) is 0 Å². The normalized spacial score (nSPS) is 14.6. The first-order chi connectivity index (χ1) is 23.3. The zero-order chi connectivity index (χ0) is 31.2. The summed E-state index contributed by atoms with van der Waals surface area (Å²) in [5, 5.41) is 8.37. The van der Waals surface area contributed by atoms with Crippen LogP contribution in [0.2, 0.25) is 0 Å². The second-order valence-electron chi connectivity index (χ2n) is 11.9. The molecule has 2 heterocycles. The molecule has 7 aromatic carbocycles. The lowest BCUT2D eigenvalue weighted by Gasteiger charge is -2.23. The third-order valence-electron chi connectivity index (χ3n) is 9.04. The van der Waals surface area contributed by atoms with Gasteiger partial charge in [-0.2, -0.15) is 0 Å². The largest absolute Gasteiger partial charge is 0.324 e. The lowest BCUT2D eigenvalue weighted by molar-refractivity contribution is 0.756. The molecule has 47 heavy (non-hydrogen) atoms. The Hall–Kier alpha value is -6.26. The van der Waals surface area contributed by atoms with Gasteiger partial charge in [0.2, 0.25) is 0 Å². The summed E-state index contributed by atoms with van der Waals surface area (Å²) >= 11 is 0. The van der Waals surface area contributed by atoms with Crippen LogP contribution in [0, 0.1) is 0 Å². The van der Waals surface area contributed by atoms with Gasteiger partial charge in [-0.3, -0.25) is 0 Å². The van der Waals surface area contributed by atoms with E-state index in [-0.39, 0.29) is 6.17 Å². The molecule has 1 atom stereocenters. The molecule has 0 saturated carbocycles. The van der Waals surface area contributed by atoms with Crippen molar-refractivity contribution in [1.29, 1.82) is 0 Å². The van der Waals surface area contributed by atoms with Gasteiger partial charge in [-0.1, -0.05) is 140 Å². The van der Waals surface area contributed by atoms with Crippen LogP contribution in [-0.2, 0) is 0 Å². The van der Waals surface area contributed by atoms with Crippen LogP contribution in [0.25, 0.3) is 49.4 Å². The van der Waals surface area contributed by atoms with Gasteiger partial charge in [0.15, 0.2) is 6.17 Å². The predicted octanol–water partition coefficient (Wildman–Crippen LogP) is 10.1. The molecule has 1 aliphatic rings. The SMILES string of the molecule is c1ccc(C2=NC(c3ccc(-c4ccccc4)cc3)N=C(c3cccc4cc5c(cc34)c3ccccc3n5-c3ccccc3)N2)cc1. The first kappa shape index (κ1) is 27.1. The number of hydrogen-bond donors (Lipinski definition) is 1. The van der Waals surface area contributed by atoms with Crippen LogP contribution in [0.5, 0.6) is 0 Å². The Morgan fingerprint density at radius 3 is 1.85 bits per heavy atom. The highest BCUT2D eigenvalue weighted by atomic mass is 15.2. The van der Waals surface area contributed by atoms with E-state index in [2.05, 4.69) is 155 Å². The Morgan fingerprint density at radius 1 is 0.447 bits per heavy atom. The molecule has 0 bridgehead atoms. The summed E-state index contributed by atoms with van der Waals surface area (Å²) < 4.78 is 2.36. The Balaban J connectivity index is 1.21. The minimum Gasteiger partial charge on any atom is -0.324 e. The number of aliphatic imine (C=N–C) groups is 2. The summed E-state index contributed by atoms with van der Waals surface area (Å²) in [6, 6.07) is 59.8. The first-order valence-electron chi connectivity index (χ1n) is 16.0. The summed E-state index contributed by atoms with van der Waals surface area (Å²) in [7, 11) is 0. The molecule has 1 unspecified atom stereocenters. The molecule has 0 amide bonds. The van der Waals surface area contributed by atoms with Crippen molar-refractivity contribution < 1.29 is 0 Å². The van der Waals surface area contributed by atoms with Crippen LogP contribution in [0.1, 0.15) is 22.9 Å². The Morgan fingerprint density at radius 2 is 1.09 bits per heavy atom. The number of nitrogens with zero attached hydrogens (tertiary/aromatic N) is 3. The van der Waals surface area contributed by atoms with Gasteiger partial charge >= 0.3 is 0 Å². The quantitative estimate of drug-likeness (QED) is 0.209. The van der Waals surface area contributed by atoms with E-state index in [9.17, 15) is 0 Å². The van der Waals surface area contributed by atoms with E-state index in [1.807, 2.05) is 24.3 Å². The van der Waals surface area contributed by atoms with Crippen LogP contribution in [0.4, 0.5) is 0 Å². The molecule has 0 aliphatic carbocycles. The third kappa shape index (κ3) is 4.79. The van der Waals surface area contributed by atoms with Crippen molar-refractivity contribution in [3.8, 4) is 16.8 Å². The fourth-order valence-corrected chi connectivity index (χ4v) is 6.76. The van der Waals surface area contributed by atoms with Gasteiger partial charge in [0, 0.05) is 27.6 Å². The maximum atomic E-state index is 5.26. The maximum Gasteiger partial charge on any atom is 0.169 e. The number of hydrogen-bond acceptors (Lipinski definition) is 3. The molecular formula is C43H30N4. The number of aromatic nitrogens is 1. The summed E-state index contributed by atoms with van der Waals surface area (Å²) in [6.45, 7) is 0. The predicted molar refractivity (Wildman–Crippen MR) is 196 cm³/mol. The number of amidine groups is 2. The fraction of sp³-hybridized carbons (Fsp3) is 0.0233. The Kier molecular flexibility index (Phi) is 6.50. The number of para-hydroxylation sites is 2. The number of benzene rings is 7. The van der Waals surface area contributed by atoms with Gasteiger partial charge in [0.25, 0.3) is 0 Å². The van der Waals surface area contributed by atoms with Crippen molar-refractivity contribution >= 4 is 44.2 Å². The van der Waals surface area contributed by atoms with Gasteiger partial charge in [0.05, 0.1) is 11.0 Å². The highest BCUT2D eigenvalue weighted by molar-refractivity contribution is 6.22. The van der Waals surface area contributed by atoms with E-state index in [1.165, 1.54) is 32.9 Å². The standard InChI is InChI=1S/C43H30N4/c1-4-13-29(14-5-1)30-23-25-32(26-24-30)42-44-41(31-15-6-2-7-16-31)45-43(46-42)36-21-12-17-33-27-40-38(28-37(33)36)35-20-10-11-22-39(35)47(40)34-18-8-3-9-19-34/h1-28,42H,(H,44,45,46). The van der Waals surface area contributed by atoms with E-state index in [4.69, 9.17) is 9.98 Å². The van der Waals surface area contributed by atoms with Gasteiger partial charge < -0.3 is 9.88 Å². The zero-order valence-electron chi connectivity index (χ0n) is 25.6. The number of nitrogens with one attached hydrogen (secondary N) is 1. The lowest BCUT2D eigenvalue weighted by Crippen LogP contribution is -2.36. The van der Waals surface area contributed by atoms with E-state index in [0.29, 0.717) is 0 Å². The van der Waals surface area contributed by atoms with E-state index < -0.39 is 0 Å². The molecule has 4 heteroatoms. The topological polar surface area (TPSA) is 41.7 Å². The molecule has 8 aromatic rings. The van der Waals surface area contributed by atoms with Crippen LogP contribution >= 0.6 is 0 Å². The fourth-order valence-electron chi connectivity index (χ4n) is 6.76. The maximum absolute atomic E-state index is 5.26. The first-order valence-corrected chi connectivity index (χ1v) is 16.0. The smallest absolute Gasteiger partial charge is 0.169 e. The highest BCUT2D eigenvalue weighted by Crippen LogP contribution is 2.36. The summed E-state index contributed by atoms with van der Waals surface area (Å²) in [6.07, 6.45) is -0.384. The summed E-state index contributed by atoms with van der Waals surface area (Å²) in [4.78, 5) is 10.4. The minimum atomic E-state index is -0.384. The molecule has 0 radical (unpaired) electrons. The van der Waals surface area contributed by atoms with Gasteiger partial charge in [-0.05, 0) is 57.8 Å². The van der Waals surface area contributed by atoms with E-state index in [1.54, 1.807) is 0 Å². The monoisotopic (exact) mass is 602 g/mol. The molecule has 1 aromatic heterocycles. The summed E-state index contributed by atoms with van der Waals surface area (Å²) in [5.41, 5.74) is 9.02. The molecule has 1 N–H and O–H groups in total. The molecule has 0 saturated heterocycles. The van der Waals surface area contributed by atoms with E-state index >= 15 is 0 Å². The van der Waals surface area contributed by atoms with Crippen molar-refractivity contribution in [2.24, 2.45) is 9.98 Å². The molecule has 4 nitrogen and oxygen atoms in total. The Labute approximate surface area is 273 Å². The minimum absolute atomic E-state index is 0.384. The molecule has 1 aliphatic heterocycles. The van der Waals surface area contributed by atoms with Crippen LogP contribution < -0.4 is 5.32 Å². The lowest BCUT2D eigenvalue weighted by atomic mass is 9.99. The second-order valence-corrected chi connectivity index (χ2v) is 11.9. The zero-order valence-corrected chi connectivity index (χ0v) is 25.6. The molecule has 0 fully saturated rings. The van der Waals surface area contributed by atoms with Crippen LogP contribution in [0.3, 0.4) is 0 Å². The highest BCUT2D eigenvalue weighted by Gasteiger charge is 2.23. The van der Waals surface area contributed by atoms with Gasteiger partial charge in [-0.25, -0.2) is 9.98 Å². The molecular weight excluding hydrogens is 573 g/mol. The summed E-state index contributed by atoms with van der Waals surface area (Å²) in [5.74, 6) is 1.62. The average Bonchev–Trinajstić information content (AvgIpc) is 3.48. The van der Waals surface area contributed by atoms with Crippen molar-refractivity contribution in [1.82, 2.24) is 9.88 Å². The van der Waals surface area contributed by atoms with Crippen molar-refractivity contribution in [2.45, 2.75) is 6.17 Å². The van der Waals surface area contributed by atoms with Crippen molar-refractivity contribution in [3.63, 3.8) is 0 Å². The molecule has 222 valence electrons.